The standard InChI is InChI=1S/C14H16N2O4/c1-10(16(18)14(15)17)12-7-8-13(20-12)19-9-11-5-3-2-4-6-11/h2-8,10,18H,9H2,1H3,(H2,15,17). The lowest BCUT2D eigenvalue weighted by molar-refractivity contribution is -0.0767. The van der Waals surface area contributed by atoms with Crippen LogP contribution in [0.4, 0.5) is 4.79 Å². The molecule has 0 aliphatic rings. The van der Waals surface area contributed by atoms with Gasteiger partial charge < -0.3 is 14.9 Å². The van der Waals surface area contributed by atoms with Gasteiger partial charge >= 0.3 is 6.03 Å². The Kier molecular flexibility index (Phi) is 4.27. The highest BCUT2D eigenvalue weighted by Gasteiger charge is 2.20. The molecule has 0 saturated carbocycles. The summed E-state index contributed by atoms with van der Waals surface area (Å²) >= 11 is 0. The smallest absolute Gasteiger partial charge is 0.339 e. The zero-order valence-electron chi connectivity index (χ0n) is 11.0. The molecule has 106 valence electrons. The van der Waals surface area contributed by atoms with Gasteiger partial charge in [0.2, 0.25) is 0 Å². The Balaban J connectivity index is 1.97. The lowest BCUT2D eigenvalue weighted by Crippen LogP contribution is -2.34. The van der Waals surface area contributed by atoms with E-state index in [-0.39, 0.29) is 0 Å². The number of rotatable bonds is 5. The summed E-state index contributed by atoms with van der Waals surface area (Å²) in [5.74, 6) is 0.697. The summed E-state index contributed by atoms with van der Waals surface area (Å²) in [5, 5.41) is 9.83. The molecule has 0 aliphatic carbocycles. The summed E-state index contributed by atoms with van der Waals surface area (Å²) in [4.78, 5) is 10.9. The first-order valence-electron chi connectivity index (χ1n) is 6.12. The summed E-state index contributed by atoms with van der Waals surface area (Å²) in [6, 6.07) is 11.3. The van der Waals surface area contributed by atoms with E-state index in [0.717, 1.165) is 5.56 Å². The number of nitrogens with zero attached hydrogens (tertiary/aromatic N) is 1. The molecular formula is C14H16N2O4. The third-order valence-electron chi connectivity index (χ3n) is 2.83. The fourth-order valence-corrected chi connectivity index (χ4v) is 1.68. The molecule has 0 fully saturated rings. The van der Waals surface area contributed by atoms with Gasteiger partial charge in [0.15, 0.2) is 0 Å². The van der Waals surface area contributed by atoms with Crippen molar-refractivity contribution in [2.45, 2.75) is 19.6 Å². The van der Waals surface area contributed by atoms with Crippen LogP contribution in [0, 0.1) is 0 Å². The van der Waals surface area contributed by atoms with Crippen LogP contribution in [0.15, 0.2) is 46.9 Å². The van der Waals surface area contributed by atoms with Gasteiger partial charge in [-0.1, -0.05) is 30.3 Å². The Morgan fingerprint density at radius 3 is 2.70 bits per heavy atom. The maximum atomic E-state index is 10.9. The molecule has 2 aromatic rings. The molecule has 1 aromatic carbocycles. The molecule has 6 nitrogen and oxygen atoms in total. The molecule has 3 N–H and O–H groups in total. The molecular weight excluding hydrogens is 260 g/mol. The lowest BCUT2D eigenvalue weighted by Gasteiger charge is -2.17. The van der Waals surface area contributed by atoms with Crippen molar-refractivity contribution in [2.24, 2.45) is 5.73 Å². The minimum Gasteiger partial charge on any atom is -0.460 e. The average Bonchev–Trinajstić information content (AvgIpc) is 2.93. The number of amides is 2. The Morgan fingerprint density at radius 2 is 2.05 bits per heavy atom. The average molecular weight is 276 g/mol. The van der Waals surface area contributed by atoms with E-state index >= 15 is 0 Å². The van der Waals surface area contributed by atoms with Gasteiger partial charge in [-0.05, 0) is 18.6 Å². The number of carbonyl (C=O) groups excluding carboxylic acids is 1. The Morgan fingerprint density at radius 1 is 1.35 bits per heavy atom. The van der Waals surface area contributed by atoms with E-state index in [9.17, 15) is 10.0 Å². The van der Waals surface area contributed by atoms with Crippen LogP contribution in [0.3, 0.4) is 0 Å². The molecule has 20 heavy (non-hydrogen) atoms. The van der Waals surface area contributed by atoms with E-state index in [0.29, 0.717) is 23.4 Å². The number of hydrogen-bond acceptors (Lipinski definition) is 4. The van der Waals surface area contributed by atoms with Crippen LogP contribution in [0.1, 0.15) is 24.3 Å². The largest absolute Gasteiger partial charge is 0.460 e. The minimum atomic E-state index is -0.944. The summed E-state index contributed by atoms with van der Waals surface area (Å²) < 4.78 is 10.9. The highest BCUT2D eigenvalue weighted by molar-refractivity contribution is 5.71. The molecule has 0 spiro atoms. The third kappa shape index (κ3) is 3.30. The zero-order chi connectivity index (χ0) is 14.5. The third-order valence-corrected chi connectivity index (χ3v) is 2.83. The van der Waals surface area contributed by atoms with Crippen LogP contribution in [0.5, 0.6) is 5.95 Å². The van der Waals surface area contributed by atoms with Crippen LogP contribution in [0.2, 0.25) is 0 Å². The maximum absolute atomic E-state index is 10.9. The quantitative estimate of drug-likeness (QED) is 0.649. The van der Waals surface area contributed by atoms with Crippen LogP contribution >= 0.6 is 0 Å². The molecule has 2 rings (SSSR count). The van der Waals surface area contributed by atoms with E-state index in [1.54, 1.807) is 19.1 Å². The zero-order valence-corrected chi connectivity index (χ0v) is 11.0. The molecule has 1 aromatic heterocycles. The summed E-state index contributed by atoms with van der Waals surface area (Å²) in [6.07, 6.45) is 0. The molecule has 1 atom stereocenters. The van der Waals surface area contributed by atoms with E-state index in [4.69, 9.17) is 14.9 Å². The lowest BCUT2D eigenvalue weighted by atomic mass is 10.2. The van der Waals surface area contributed by atoms with Gasteiger partial charge in [0.25, 0.3) is 5.95 Å². The van der Waals surface area contributed by atoms with Crippen molar-refractivity contribution in [3.8, 4) is 5.95 Å². The van der Waals surface area contributed by atoms with E-state index < -0.39 is 12.1 Å². The fourth-order valence-electron chi connectivity index (χ4n) is 1.68. The normalized spacial score (nSPS) is 11.9. The highest BCUT2D eigenvalue weighted by Crippen LogP contribution is 2.25. The molecule has 0 saturated heterocycles. The number of hydrogen-bond donors (Lipinski definition) is 2. The van der Waals surface area contributed by atoms with Gasteiger partial charge in [0, 0.05) is 6.07 Å². The first kappa shape index (κ1) is 14.0. The van der Waals surface area contributed by atoms with E-state index in [1.165, 1.54) is 0 Å². The number of ether oxygens (including phenoxy) is 1. The van der Waals surface area contributed by atoms with Gasteiger partial charge in [-0.3, -0.25) is 5.21 Å². The number of primary amides is 1. The monoisotopic (exact) mass is 276 g/mol. The Labute approximate surface area is 116 Å². The molecule has 0 aliphatic heterocycles. The van der Waals surface area contributed by atoms with Gasteiger partial charge in [-0.2, -0.15) is 5.06 Å². The maximum Gasteiger partial charge on any atom is 0.339 e. The molecule has 1 unspecified atom stereocenters. The van der Waals surface area contributed by atoms with E-state index in [1.807, 2.05) is 30.3 Å². The summed E-state index contributed by atoms with van der Waals surface area (Å²) in [5.41, 5.74) is 5.99. The fraction of sp³-hybridized carbons (Fsp3) is 0.214. The van der Waals surface area contributed by atoms with Crippen molar-refractivity contribution in [1.29, 1.82) is 0 Å². The Bertz CT molecular complexity index is 568. The minimum absolute atomic E-state index is 0.313. The Hall–Kier alpha value is -2.47. The van der Waals surface area contributed by atoms with Crippen LogP contribution < -0.4 is 10.5 Å². The van der Waals surface area contributed by atoms with Crippen LogP contribution in [0.25, 0.3) is 0 Å². The number of hydroxylamine groups is 2. The summed E-state index contributed by atoms with van der Waals surface area (Å²) in [7, 11) is 0. The predicted octanol–water partition coefficient (Wildman–Crippen LogP) is 2.69. The van der Waals surface area contributed by atoms with E-state index in [2.05, 4.69) is 0 Å². The van der Waals surface area contributed by atoms with Crippen molar-refractivity contribution < 1.29 is 19.2 Å². The SMILES string of the molecule is CC(c1ccc(OCc2ccccc2)o1)N(O)C(N)=O. The van der Waals surface area contributed by atoms with Crippen molar-refractivity contribution in [3.63, 3.8) is 0 Å². The number of benzene rings is 1. The number of urea groups is 1. The molecule has 1 heterocycles. The van der Waals surface area contributed by atoms with Crippen molar-refractivity contribution in [2.75, 3.05) is 0 Å². The van der Waals surface area contributed by atoms with Gasteiger partial charge in [-0.25, -0.2) is 4.79 Å². The highest BCUT2D eigenvalue weighted by atomic mass is 16.6. The molecule has 6 heteroatoms. The first-order valence-corrected chi connectivity index (χ1v) is 6.12. The molecule has 0 bridgehead atoms. The number of carbonyl (C=O) groups is 1. The predicted molar refractivity (Wildman–Crippen MR) is 71.1 cm³/mol. The second-order valence-corrected chi connectivity index (χ2v) is 4.29. The number of nitrogens with two attached hydrogens (primary N) is 1. The van der Waals surface area contributed by atoms with Crippen LogP contribution in [-0.4, -0.2) is 16.3 Å². The van der Waals surface area contributed by atoms with Crippen LogP contribution in [-0.2, 0) is 6.61 Å². The van der Waals surface area contributed by atoms with Gasteiger partial charge in [-0.15, -0.1) is 0 Å². The first-order chi connectivity index (χ1) is 9.58. The van der Waals surface area contributed by atoms with Gasteiger partial charge in [0.05, 0.1) is 0 Å². The second-order valence-electron chi connectivity index (χ2n) is 4.29. The van der Waals surface area contributed by atoms with Crippen molar-refractivity contribution in [3.05, 3.63) is 53.8 Å². The van der Waals surface area contributed by atoms with Crippen molar-refractivity contribution >= 4 is 6.03 Å². The second kappa shape index (κ2) is 6.12. The molecule has 2 amide bonds. The van der Waals surface area contributed by atoms with Crippen molar-refractivity contribution in [1.82, 2.24) is 5.06 Å². The number of furan rings is 1. The van der Waals surface area contributed by atoms with Gasteiger partial charge in [0.1, 0.15) is 18.4 Å². The molecule has 0 radical (unpaired) electrons. The summed E-state index contributed by atoms with van der Waals surface area (Å²) in [6.45, 7) is 1.96. The topological polar surface area (TPSA) is 88.9 Å².